The van der Waals surface area contributed by atoms with Gasteiger partial charge >= 0.3 is 0 Å². The predicted octanol–water partition coefficient (Wildman–Crippen LogP) is 2.72. The van der Waals surface area contributed by atoms with Crippen molar-refractivity contribution < 1.29 is 13.3 Å². The van der Waals surface area contributed by atoms with Gasteiger partial charge in [0.1, 0.15) is 11.9 Å². The Hall–Kier alpha value is -3.21. The first-order chi connectivity index (χ1) is 11.6. The molecule has 0 aliphatic rings. The number of benzene rings is 1. The van der Waals surface area contributed by atoms with E-state index in [1.165, 1.54) is 12.1 Å². The van der Waals surface area contributed by atoms with Gasteiger partial charge in [-0.3, -0.25) is 0 Å². The van der Waals surface area contributed by atoms with E-state index in [4.69, 9.17) is 14.2 Å². The standard InChI is InChI=1S/C16H14FN5O2/c1-10-19-13(9-18)16(23-10)22(2)8-7-14-20-15(24-21-14)11-3-5-12(17)6-4-11/h3-6H,7-8H2,1-2H3. The van der Waals surface area contributed by atoms with Gasteiger partial charge in [0.15, 0.2) is 11.7 Å². The largest absolute Gasteiger partial charge is 0.424 e. The number of hydrogen-bond donors (Lipinski definition) is 0. The molecule has 0 saturated carbocycles. The van der Waals surface area contributed by atoms with Crippen molar-refractivity contribution in [2.75, 3.05) is 18.5 Å². The number of aryl methyl sites for hydroxylation is 1. The van der Waals surface area contributed by atoms with Crippen LogP contribution in [0.2, 0.25) is 0 Å². The average Bonchev–Trinajstić information content (AvgIpc) is 3.19. The van der Waals surface area contributed by atoms with Gasteiger partial charge in [-0.25, -0.2) is 9.37 Å². The van der Waals surface area contributed by atoms with E-state index in [0.29, 0.717) is 42.0 Å². The predicted molar refractivity (Wildman–Crippen MR) is 82.6 cm³/mol. The molecule has 0 aliphatic heterocycles. The number of aromatic nitrogens is 3. The van der Waals surface area contributed by atoms with E-state index in [1.54, 1.807) is 31.0 Å². The SMILES string of the molecule is Cc1nc(C#N)c(N(C)CCc2noc(-c3ccc(F)cc3)n2)o1. The van der Waals surface area contributed by atoms with Gasteiger partial charge in [-0.1, -0.05) is 5.16 Å². The zero-order chi connectivity index (χ0) is 17.1. The lowest BCUT2D eigenvalue weighted by Gasteiger charge is -2.14. The molecular formula is C16H14FN5O2. The van der Waals surface area contributed by atoms with Crippen molar-refractivity contribution in [2.45, 2.75) is 13.3 Å². The van der Waals surface area contributed by atoms with Crippen LogP contribution in [0.25, 0.3) is 11.5 Å². The normalized spacial score (nSPS) is 10.6. The second-order valence-corrected chi connectivity index (χ2v) is 5.19. The van der Waals surface area contributed by atoms with Gasteiger partial charge in [-0.15, -0.1) is 0 Å². The van der Waals surface area contributed by atoms with E-state index >= 15 is 0 Å². The van der Waals surface area contributed by atoms with E-state index in [2.05, 4.69) is 15.1 Å². The molecule has 0 bridgehead atoms. The fourth-order valence-electron chi connectivity index (χ4n) is 2.18. The van der Waals surface area contributed by atoms with Crippen LogP contribution in [0.15, 0.2) is 33.2 Å². The highest BCUT2D eigenvalue weighted by atomic mass is 19.1. The first-order valence-electron chi connectivity index (χ1n) is 7.24. The van der Waals surface area contributed by atoms with Crippen LogP contribution in [0.5, 0.6) is 0 Å². The van der Waals surface area contributed by atoms with Crippen LogP contribution in [0.3, 0.4) is 0 Å². The molecule has 3 rings (SSSR count). The van der Waals surface area contributed by atoms with Crippen LogP contribution in [-0.2, 0) is 6.42 Å². The molecule has 0 fully saturated rings. The van der Waals surface area contributed by atoms with Gasteiger partial charge in [0.2, 0.25) is 11.6 Å². The number of halogens is 1. The molecule has 0 radical (unpaired) electrons. The number of anilines is 1. The third-order valence-corrected chi connectivity index (χ3v) is 3.40. The fraction of sp³-hybridized carbons (Fsp3) is 0.250. The third-order valence-electron chi connectivity index (χ3n) is 3.40. The summed E-state index contributed by atoms with van der Waals surface area (Å²) in [6.45, 7) is 2.21. The van der Waals surface area contributed by atoms with Crippen molar-refractivity contribution in [3.8, 4) is 17.5 Å². The smallest absolute Gasteiger partial charge is 0.257 e. The quantitative estimate of drug-likeness (QED) is 0.711. The average molecular weight is 327 g/mol. The monoisotopic (exact) mass is 327 g/mol. The molecule has 0 amide bonds. The molecule has 7 nitrogen and oxygen atoms in total. The van der Waals surface area contributed by atoms with E-state index in [0.717, 1.165) is 0 Å². The topological polar surface area (TPSA) is 92.0 Å². The second-order valence-electron chi connectivity index (χ2n) is 5.19. The summed E-state index contributed by atoms with van der Waals surface area (Å²) in [5.74, 6) is 1.37. The number of nitriles is 1. The summed E-state index contributed by atoms with van der Waals surface area (Å²) in [7, 11) is 1.79. The molecule has 0 atom stereocenters. The van der Waals surface area contributed by atoms with Gasteiger partial charge in [0.25, 0.3) is 5.89 Å². The van der Waals surface area contributed by atoms with Crippen molar-refractivity contribution in [1.82, 2.24) is 15.1 Å². The number of oxazole rings is 1. The van der Waals surface area contributed by atoms with Crippen LogP contribution in [0, 0.1) is 24.1 Å². The first kappa shape index (κ1) is 15.7. The lowest BCUT2D eigenvalue weighted by Crippen LogP contribution is -2.21. The molecule has 0 unspecified atom stereocenters. The molecule has 0 spiro atoms. The van der Waals surface area contributed by atoms with Crippen LogP contribution in [0.4, 0.5) is 10.3 Å². The maximum Gasteiger partial charge on any atom is 0.257 e. The summed E-state index contributed by atoms with van der Waals surface area (Å²) >= 11 is 0. The Balaban J connectivity index is 1.67. The van der Waals surface area contributed by atoms with E-state index in [9.17, 15) is 4.39 Å². The lowest BCUT2D eigenvalue weighted by atomic mass is 10.2. The van der Waals surface area contributed by atoms with Crippen LogP contribution < -0.4 is 4.90 Å². The minimum Gasteiger partial charge on any atom is -0.424 e. The molecule has 2 heterocycles. The molecule has 0 N–H and O–H groups in total. The molecule has 24 heavy (non-hydrogen) atoms. The first-order valence-corrected chi connectivity index (χ1v) is 7.24. The fourth-order valence-corrected chi connectivity index (χ4v) is 2.18. The minimum absolute atomic E-state index is 0.245. The van der Waals surface area contributed by atoms with Crippen molar-refractivity contribution >= 4 is 5.88 Å². The number of rotatable bonds is 5. The molecule has 0 saturated heterocycles. The molecular weight excluding hydrogens is 313 g/mol. The number of nitrogens with zero attached hydrogens (tertiary/aromatic N) is 5. The zero-order valence-electron chi connectivity index (χ0n) is 13.2. The summed E-state index contributed by atoms with van der Waals surface area (Å²) in [5.41, 5.74) is 0.899. The highest BCUT2D eigenvalue weighted by molar-refractivity contribution is 5.52. The summed E-state index contributed by atoms with van der Waals surface area (Å²) in [4.78, 5) is 10.1. The Morgan fingerprint density at radius 3 is 2.71 bits per heavy atom. The molecule has 8 heteroatoms. The molecule has 3 aromatic rings. The van der Waals surface area contributed by atoms with Gasteiger partial charge in [0.05, 0.1) is 0 Å². The van der Waals surface area contributed by atoms with Crippen LogP contribution >= 0.6 is 0 Å². The van der Waals surface area contributed by atoms with Crippen molar-refractivity contribution in [3.05, 3.63) is 47.5 Å². The number of likely N-dealkylation sites (N-methyl/N-ethyl adjacent to an activating group) is 1. The lowest BCUT2D eigenvalue weighted by molar-refractivity contribution is 0.422. The number of hydrogen-bond acceptors (Lipinski definition) is 7. The van der Waals surface area contributed by atoms with Crippen molar-refractivity contribution in [3.63, 3.8) is 0 Å². The molecule has 2 aromatic heterocycles. The zero-order valence-corrected chi connectivity index (χ0v) is 13.2. The summed E-state index contributed by atoms with van der Waals surface area (Å²) in [6, 6.07) is 7.83. The Morgan fingerprint density at radius 1 is 1.25 bits per heavy atom. The van der Waals surface area contributed by atoms with E-state index in [-0.39, 0.29) is 11.5 Å². The second kappa shape index (κ2) is 6.50. The molecule has 122 valence electrons. The summed E-state index contributed by atoms with van der Waals surface area (Å²) < 4.78 is 23.6. The maximum atomic E-state index is 12.9. The molecule has 1 aromatic carbocycles. The molecule has 0 aliphatic carbocycles. The van der Waals surface area contributed by atoms with Crippen LogP contribution in [0.1, 0.15) is 17.4 Å². The summed E-state index contributed by atoms with van der Waals surface area (Å²) in [5, 5.41) is 13.0. The highest BCUT2D eigenvalue weighted by Crippen LogP contribution is 2.21. The Kier molecular flexibility index (Phi) is 4.24. The highest BCUT2D eigenvalue weighted by Gasteiger charge is 2.16. The minimum atomic E-state index is -0.323. The van der Waals surface area contributed by atoms with E-state index < -0.39 is 0 Å². The Labute approximate surface area is 137 Å². The van der Waals surface area contributed by atoms with Crippen LogP contribution in [-0.4, -0.2) is 28.7 Å². The third kappa shape index (κ3) is 3.25. The Bertz CT molecular complexity index is 879. The van der Waals surface area contributed by atoms with Gasteiger partial charge < -0.3 is 13.8 Å². The van der Waals surface area contributed by atoms with E-state index in [1.807, 2.05) is 6.07 Å². The summed E-state index contributed by atoms with van der Waals surface area (Å²) in [6.07, 6.45) is 0.492. The van der Waals surface area contributed by atoms with Crippen molar-refractivity contribution in [1.29, 1.82) is 5.26 Å². The van der Waals surface area contributed by atoms with Crippen molar-refractivity contribution in [2.24, 2.45) is 0 Å². The van der Waals surface area contributed by atoms with Gasteiger partial charge in [-0.05, 0) is 24.3 Å². The van der Waals surface area contributed by atoms with Gasteiger partial charge in [0, 0.05) is 32.5 Å². The van der Waals surface area contributed by atoms with Gasteiger partial charge in [-0.2, -0.15) is 10.2 Å². The Morgan fingerprint density at radius 2 is 2.00 bits per heavy atom. The maximum absolute atomic E-state index is 12.9.